The number of para-hydroxylation sites is 1. The fourth-order valence-corrected chi connectivity index (χ4v) is 5.67. The van der Waals surface area contributed by atoms with Gasteiger partial charge in [-0.05, 0) is 38.8 Å². The molecule has 150 valence electrons. The minimum absolute atomic E-state index is 0.459. The molecule has 5 nitrogen and oxygen atoms in total. The second-order valence-electron chi connectivity index (χ2n) is 6.09. The Hall–Kier alpha value is -2.17. The topological polar surface area (TPSA) is 60.7 Å². The van der Waals surface area contributed by atoms with Crippen molar-refractivity contribution < 1.29 is 18.0 Å². The quantitative estimate of drug-likeness (QED) is 0.369. The lowest BCUT2D eigenvalue weighted by Gasteiger charge is -2.28. The van der Waals surface area contributed by atoms with Crippen LogP contribution in [0.1, 0.15) is 32.8 Å². The number of ether oxygens (including phenoxy) is 1. The van der Waals surface area contributed by atoms with Gasteiger partial charge in [0.2, 0.25) is 0 Å². The Bertz CT molecular complexity index is 744. The smallest absolute Gasteiger partial charge is 0.492 e. The van der Waals surface area contributed by atoms with Crippen LogP contribution in [-0.2, 0) is 13.3 Å². The average molecular weight is 400 g/mol. The first-order chi connectivity index (χ1) is 13.7. The maximum atomic E-state index is 9.50. The third kappa shape index (κ3) is 5.91. The Kier molecular flexibility index (Phi) is 9.18. The molecule has 2 rings (SSSR count). The molecule has 0 unspecified atom stereocenters. The van der Waals surface area contributed by atoms with Gasteiger partial charge in [-0.15, -0.1) is 0 Å². The molecular weight excluding hydrogens is 370 g/mol. The monoisotopic (exact) mass is 399 g/mol. The maximum absolute atomic E-state index is 9.50. The van der Waals surface area contributed by atoms with Crippen molar-refractivity contribution in [3.8, 4) is 22.9 Å². The molecule has 0 N–H and O–H groups in total. The lowest BCUT2D eigenvalue weighted by Crippen LogP contribution is -2.46. The van der Waals surface area contributed by atoms with Crippen LogP contribution in [0.3, 0.4) is 0 Å². The van der Waals surface area contributed by atoms with Crippen LogP contribution in [-0.4, -0.2) is 35.2 Å². The van der Waals surface area contributed by atoms with Crippen molar-refractivity contribution in [1.82, 2.24) is 0 Å². The minimum atomic E-state index is -2.68. The van der Waals surface area contributed by atoms with Crippen LogP contribution in [0.25, 0.3) is 11.1 Å². The van der Waals surface area contributed by atoms with Crippen LogP contribution >= 0.6 is 0 Å². The molecule has 0 aromatic heterocycles. The van der Waals surface area contributed by atoms with Gasteiger partial charge in [0.05, 0.1) is 12.2 Å². The van der Waals surface area contributed by atoms with E-state index in [-0.39, 0.29) is 0 Å². The van der Waals surface area contributed by atoms with Gasteiger partial charge in [0.25, 0.3) is 0 Å². The second-order valence-corrected chi connectivity index (χ2v) is 8.83. The van der Waals surface area contributed by atoms with Crippen molar-refractivity contribution in [3.63, 3.8) is 0 Å². The molecule has 2 aromatic carbocycles. The molecule has 2 aromatic rings. The number of nitrogens with zero attached hydrogens (tertiary/aromatic N) is 1. The molecule has 0 heterocycles. The van der Waals surface area contributed by atoms with Gasteiger partial charge in [-0.3, -0.25) is 0 Å². The number of nitriles is 1. The largest absolute Gasteiger partial charge is 0.501 e. The minimum Gasteiger partial charge on any atom is -0.492 e. The molecule has 0 radical (unpaired) electrons. The van der Waals surface area contributed by atoms with Gasteiger partial charge >= 0.3 is 8.80 Å². The van der Waals surface area contributed by atoms with E-state index in [1.807, 2.05) is 63.2 Å². The third-order valence-electron chi connectivity index (χ3n) is 4.19. The molecule has 0 amide bonds. The van der Waals surface area contributed by atoms with E-state index in [1.165, 1.54) is 0 Å². The molecule has 0 aliphatic heterocycles. The van der Waals surface area contributed by atoms with E-state index < -0.39 is 8.80 Å². The summed E-state index contributed by atoms with van der Waals surface area (Å²) in [5.41, 5.74) is 2.48. The molecule has 0 saturated carbocycles. The van der Waals surface area contributed by atoms with Crippen molar-refractivity contribution in [3.05, 3.63) is 54.1 Å². The fraction of sp³-hybridized carbons (Fsp3) is 0.409. The molecule has 6 heteroatoms. The van der Waals surface area contributed by atoms with Gasteiger partial charge in [-0.2, -0.15) is 5.26 Å². The van der Waals surface area contributed by atoms with E-state index in [9.17, 15) is 5.26 Å². The summed E-state index contributed by atoms with van der Waals surface area (Å²) in [5.74, 6) is 0.618. The standard InChI is InChI=1S/C22H29NO4Si/c1-4-25-28(26-5-2,27-6-3)17-11-16-24-22-20(18-23)14-10-15-21(22)19-12-8-7-9-13-19/h7-10,12-15H,4-6,11,16-17H2,1-3H3. The molecular formula is C22H29NO4Si. The van der Waals surface area contributed by atoms with Gasteiger partial charge in [0.1, 0.15) is 11.8 Å². The van der Waals surface area contributed by atoms with Crippen LogP contribution in [0, 0.1) is 11.3 Å². The van der Waals surface area contributed by atoms with E-state index in [0.717, 1.165) is 17.5 Å². The van der Waals surface area contributed by atoms with Crippen LogP contribution < -0.4 is 4.74 Å². The zero-order valence-electron chi connectivity index (χ0n) is 16.9. The van der Waals surface area contributed by atoms with Crippen molar-refractivity contribution >= 4 is 8.80 Å². The maximum Gasteiger partial charge on any atom is 0.501 e. The predicted molar refractivity (Wildman–Crippen MR) is 112 cm³/mol. The number of rotatable bonds is 12. The molecule has 0 atom stereocenters. The lowest BCUT2D eigenvalue weighted by molar-refractivity contribution is 0.0697. The molecule has 0 aliphatic rings. The van der Waals surface area contributed by atoms with E-state index in [1.54, 1.807) is 6.07 Å². The van der Waals surface area contributed by atoms with E-state index in [2.05, 4.69) is 6.07 Å². The molecule has 0 bridgehead atoms. The average Bonchev–Trinajstić information content (AvgIpc) is 2.72. The Morgan fingerprint density at radius 3 is 2.07 bits per heavy atom. The van der Waals surface area contributed by atoms with Crippen molar-refractivity contribution in [2.45, 2.75) is 33.2 Å². The summed E-state index contributed by atoms with van der Waals surface area (Å²) in [5, 5.41) is 9.50. The first kappa shape index (κ1) is 22.1. The molecule has 28 heavy (non-hydrogen) atoms. The van der Waals surface area contributed by atoms with Crippen LogP contribution in [0.5, 0.6) is 5.75 Å². The SMILES string of the molecule is CCO[Si](CCCOc1c(C#N)cccc1-c1ccccc1)(OCC)OCC. The Labute approximate surface area is 169 Å². The lowest BCUT2D eigenvalue weighted by atomic mass is 10.0. The Morgan fingerprint density at radius 2 is 1.50 bits per heavy atom. The van der Waals surface area contributed by atoms with E-state index in [0.29, 0.717) is 43.8 Å². The first-order valence-electron chi connectivity index (χ1n) is 9.82. The summed E-state index contributed by atoms with van der Waals surface area (Å²) in [7, 11) is -2.68. The van der Waals surface area contributed by atoms with E-state index in [4.69, 9.17) is 18.0 Å². The van der Waals surface area contributed by atoms with Gasteiger partial charge in [0, 0.05) is 31.4 Å². The summed E-state index contributed by atoms with van der Waals surface area (Å²) >= 11 is 0. The number of hydrogen-bond donors (Lipinski definition) is 0. The second kappa shape index (κ2) is 11.6. The first-order valence-corrected chi connectivity index (χ1v) is 11.8. The molecule has 0 aliphatic carbocycles. The van der Waals surface area contributed by atoms with Gasteiger partial charge in [-0.25, -0.2) is 0 Å². The number of benzene rings is 2. The summed E-state index contributed by atoms with van der Waals surface area (Å²) in [4.78, 5) is 0. The highest BCUT2D eigenvalue weighted by molar-refractivity contribution is 6.60. The molecule has 0 saturated heterocycles. The van der Waals surface area contributed by atoms with Crippen molar-refractivity contribution in [1.29, 1.82) is 5.26 Å². The molecule has 0 fully saturated rings. The summed E-state index contributed by atoms with van der Waals surface area (Å²) < 4.78 is 23.7. The van der Waals surface area contributed by atoms with E-state index >= 15 is 0 Å². The summed E-state index contributed by atoms with van der Waals surface area (Å²) in [6.07, 6.45) is 0.722. The zero-order valence-corrected chi connectivity index (χ0v) is 17.9. The molecule has 0 spiro atoms. The third-order valence-corrected chi connectivity index (χ3v) is 7.34. The van der Waals surface area contributed by atoms with Gasteiger partial charge in [-0.1, -0.05) is 42.5 Å². The Balaban J connectivity index is 2.11. The van der Waals surface area contributed by atoms with Crippen molar-refractivity contribution in [2.24, 2.45) is 0 Å². The predicted octanol–water partition coefficient (Wildman–Crippen LogP) is 5.04. The zero-order chi connectivity index (χ0) is 20.2. The normalized spacial score (nSPS) is 11.2. The summed E-state index contributed by atoms with van der Waals surface area (Å²) in [6.45, 7) is 7.98. The Morgan fingerprint density at radius 1 is 0.857 bits per heavy atom. The van der Waals surface area contributed by atoms with Gasteiger partial charge < -0.3 is 18.0 Å². The fourth-order valence-electron chi connectivity index (χ4n) is 3.09. The van der Waals surface area contributed by atoms with Crippen molar-refractivity contribution in [2.75, 3.05) is 26.4 Å². The highest BCUT2D eigenvalue weighted by atomic mass is 28.4. The highest BCUT2D eigenvalue weighted by Gasteiger charge is 2.39. The van der Waals surface area contributed by atoms with Gasteiger partial charge in [0.15, 0.2) is 0 Å². The summed E-state index contributed by atoms with van der Waals surface area (Å²) in [6, 6.07) is 18.5. The highest BCUT2D eigenvalue weighted by Crippen LogP contribution is 2.33. The number of hydrogen-bond acceptors (Lipinski definition) is 5. The van der Waals surface area contributed by atoms with Crippen LogP contribution in [0.4, 0.5) is 0 Å². The van der Waals surface area contributed by atoms with Crippen LogP contribution in [0.2, 0.25) is 6.04 Å². The van der Waals surface area contributed by atoms with Crippen LogP contribution in [0.15, 0.2) is 48.5 Å².